The zero-order chi connectivity index (χ0) is 16.7. The summed E-state index contributed by atoms with van der Waals surface area (Å²) in [5.41, 5.74) is 0.600. The van der Waals surface area contributed by atoms with E-state index >= 15 is 0 Å². The molecule has 1 aromatic carbocycles. The van der Waals surface area contributed by atoms with Crippen LogP contribution in [0.15, 0.2) is 30.3 Å². The summed E-state index contributed by atoms with van der Waals surface area (Å²) in [6.45, 7) is 2.12. The molecule has 5 nitrogen and oxygen atoms in total. The van der Waals surface area contributed by atoms with Crippen molar-refractivity contribution in [3.63, 3.8) is 0 Å². The Kier molecular flexibility index (Phi) is 6.32. The second-order valence-corrected chi connectivity index (χ2v) is 6.10. The summed E-state index contributed by atoms with van der Waals surface area (Å²) in [6.07, 6.45) is 6.44. The number of nitrogens with one attached hydrogen (secondary N) is 1. The molecule has 0 saturated heterocycles. The Balaban J connectivity index is 1.91. The van der Waals surface area contributed by atoms with Crippen LogP contribution < -0.4 is 10.2 Å². The first kappa shape index (κ1) is 17.2. The largest absolute Gasteiger partial charge is 0.349 e. The van der Waals surface area contributed by atoms with Crippen LogP contribution in [0.25, 0.3) is 0 Å². The van der Waals surface area contributed by atoms with Crippen LogP contribution in [0.4, 0.5) is 5.69 Å². The van der Waals surface area contributed by atoms with Crippen LogP contribution in [-0.4, -0.2) is 30.7 Å². The van der Waals surface area contributed by atoms with Gasteiger partial charge in [-0.25, -0.2) is 0 Å². The van der Waals surface area contributed by atoms with E-state index < -0.39 is 17.7 Å². The summed E-state index contributed by atoms with van der Waals surface area (Å²) < 4.78 is 0. The van der Waals surface area contributed by atoms with Gasteiger partial charge < -0.3 is 10.2 Å². The summed E-state index contributed by atoms with van der Waals surface area (Å²) in [4.78, 5) is 37.0. The summed E-state index contributed by atoms with van der Waals surface area (Å²) in [5.74, 6) is -0.727. The Morgan fingerprint density at radius 2 is 1.87 bits per heavy atom. The fraction of sp³-hybridized carbons (Fsp3) is 0.500. The van der Waals surface area contributed by atoms with Gasteiger partial charge in [-0.2, -0.15) is 0 Å². The van der Waals surface area contributed by atoms with Crippen LogP contribution in [0.5, 0.6) is 0 Å². The van der Waals surface area contributed by atoms with E-state index in [1.165, 1.54) is 24.2 Å². The Morgan fingerprint density at radius 3 is 2.48 bits per heavy atom. The van der Waals surface area contributed by atoms with Crippen molar-refractivity contribution in [2.75, 3.05) is 11.4 Å². The molecule has 1 aromatic rings. The second kappa shape index (κ2) is 8.46. The van der Waals surface area contributed by atoms with E-state index in [1.54, 1.807) is 31.2 Å². The highest BCUT2D eigenvalue weighted by molar-refractivity contribution is 6.39. The van der Waals surface area contributed by atoms with Gasteiger partial charge in [0.05, 0.1) is 0 Å². The molecule has 124 valence electrons. The smallest absolute Gasteiger partial charge is 0.289 e. The summed E-state index contributed by atoms with van der Waals surface area (Å²) in [5, 5.41) is 2.73. The van der Waals surface area contributed by atoms with Gasteiger partial charge in [-0.3, -0.25) is 14.4 Å². The molecule has 1 aliphatic rings. The fourth-order valence-electron chi connectivity index (χ4n) is 3.01. The van der Waals surface area contributed by atoms with Gasteiger partial charge >= 0.3 is 0 Å². The lowest BCUT2D eigenvalue weighted by Crippen LogP contribution is -2.46. The lowest BCUT2D eigenvalue weighted by atomic mass is 9.89. The molecule has 0 radical (unpaired) electrons. The number of amides is 2. The van der Waals surface area contributed by atoms with Gasteiger partial charge in [-0.1, -0.05) is 37.5 Å². The van der Waals surface area contributed by atoms with Crippen LogP contribution in [0.2, 0.25) is 0 Å². The lowest BCUT2D eigenvalue weighted by Gasteiger charge is -2.25. The average molecular weight is 316 g/mol. The van der Waals surface area contributed by atoms with Gasteiger partial charge in [0.1, 0.15) is 6.04 Å². The van der Waals surface area contributed by atoms with E-state index in [1.807, 2.05) is 6.07 Å². The Bertz CT molecular complexity index is 538. The first-order valence-corrected chi connectivity index (χ1v) is 8.24. The van der Waals surface area contributed by atoms with Gasteiger partial charge in [0.15, 0.2) is 0 Å². The molecule has 1 atom stereocenters. The number of Topliss-reactive ketones (excluding diaryl/α,β-unsaturated/α-hetero) is 1. The molecular weight excluding hydrogens is 292 g/mol. The molecule has 0 heterocycles. The van der Waals surface area contributed by atoms with Crippen molar-refractivity contribution in [2.45, 2.75) is 45.1 Å². The normalized spacial score (nSPS) is 16.4. The molecule has 0 bridgehead atoms. The maximum absolute atomic E-state index is 12.3. The highest BCUT2D eigenvalue weighted by atomic mass is 16.2. The first-order valence-electron chi connectivity index (χ1n) is 8.24. The van der Waals surface area contributed by atoms with E-state index in [9.17, 15) is 14.4 Å². The number of hydrogen-bond donors (Lipinski definition) is 1. The number of hydrogen-bond acceptors (Lipinski definition) is 3. The number of carbonyl (C=O) groups excluding carboxylic acids is 3. The highest BCUT2D eigenvalue weighted by Gasteiger charge is 2.27. The number of ketones is 1. The molecule has 1 aliphatic carbocycles. The van der Waals surface area contributed by atoms with Gasteiger partial charge in [-0.05, 0) is 37.8 Å². The van der Waals surface area contributed by atoms with Crippen molar-refractivity contribution in [1.29, 1.82) is 0 Å². The number of nitrogens with zero attached hydrogens (tertiary/aromatic N) is 1. The SMILES string of the molecule is CC(C(=O)C(=O)NCC1CCCCC1)N(C=O)c1ccccc1. The molecule has 0 spiro atoms. The zero-order valence-corrected chi connectivity index (χ0v) is 13.5. The third-order valence-corrected chi connectivity index (χ3v) is 4.46. The monoisotopic (exact) mass is 316 g/mol. The fourth-order valence-corrected chi connectivity index (χ4v) is 3.01. The zero-order valence-electron chi connectivity index (χ0n) is 13.5. The Labute approximate surface area is 137 Å². The van der Waals surface area contributed by atoms with Gasteiger partial charge in [0.2, 0.25) is 12.2 Å². The topological polar surface area (TPSA) is 66.5 Å². The van der Waals surface area contributed by atoms with Crippen LogP contribution in [0.1, 0.15) is 39.0 Å². The number of para-hydroxylation sites is 1. The molecule has 1 unspecified atom stereocenters. The Hall–Kier alpha value is -2.17. The third-order valence-electron chi connectivity index (χ3n) is 4.46. The van der Waals surface area contributed by atoms with Crippen LogP contribution in [-0.2, 0) is 14.4 Å². The van der Waals surface area contributed by atoms with E-state index in [-0.39, 0.29) is 0 Å². The van der Waals surface area contributed by atoms with E-state index in [0.717, 1.165) is 12.8 Å². The van der Waals surface area contributed by atoms with Crippen molar-refractivity contribution in [2.24, 2.45) is 5.92 Å². The molecule has 2 amide bonds. The van der Waals surface area contributed by atoms with Crippen LogP contribution in [0.3, 0.4) is 0 Å². The summed E-state index contributed by atoms with van der Waals surface area (Å²) in [7, 11) is 0. The minimum Gasteiger partial charge on any atom is -0.349 e. The first-order chi connectivity index (χ1) is 11.1. The molecule has 0 aliphatic heterocycles. The standard InChI is InChI=1S/C18H24N2O3/c1-14(20(13-21)16-10-6-3-7-11-16)17(22)18(23)19-12-15-8-4-2-5-9-15/h3,6-7,10-11,13-15H,2,4-5,8-9,12H2,1H3,(H,19,23). The molecule has 1 saturated carbocycles. The summed E-state index contributed by atoms with van der Waals surface area (Å²) in [6, 6.07) is 8.05. The molecule has 23 heavy (non-hydrogen) atoms. The van der Waals surface area contributed by atoms with E-state index in [4.69, 9.17) is 0 Å². The van der Waals surface area contributed by atoms with Crippen molar-refractivity contribution in [3.8, 4) is 0 Å². The summed E-state index contributed by atoms with van der Waals surface area (Å²) >= 11 is 0. The van der Waals surface area contributed by atoms with Crippen molar-refractivity contribution in [1.82, 2.24) is 5.32 Å². The van der Waals surface area contributed by atoms with Crippen molar-refractivity contribution >= 4 is 23.8 Å². The minimum atomic E-state index is -0.818. The molecule has 0 aromatic heterocycles. The average Bonchev–Trinajstić information content (AvgIpc) is 2.61. The minimum absolute atomic E-state index is 0.465. The third kappa shape index (κ3) is 4.65. The number of anilines is 1. The molecule has 1 fully saturated rings. The maximum Gasteiger partial charge on any atom is 0.289 e. The lowest BCUT2D eigenvalue weighted by molar-refractivity contribution is -0.138. The van der Waals surface area contributed by atoms with Crippen LogP contribution >= 0.6 is 0 Å². The molecule has 2 rings (SSSR count). The highest BCUT2D eigenvalue weighted by Crippen LogP contribution is 2.22. The van der Waals surface area contributed by atoms with E-state index in [0.29, 0.717) is 24.6 Å². The van der Waals surface area contributed by atoms with Gasteiger partial charge in [-0.15, -0.1) is 0 Å². The number of carbonyl (C=O) groups is 3. The quantitative estimate of drug-likeness (QED) is 0.620. The van der Waals surface area contributed by atoms with E-state index in [2.05, 4.69) is 5.32 Å². The van der Waals surface area contributed by atoms with Crippen LogP contribution in [0, 0.1) is 5.92 Å². The van der Waals surface area contributed by atoms with Crippen molar-refractivity contribution in [3.05, 3.63) is 30.3 Å². The second-order valence-electron chi connectivity index (χ2n) is 6.10. The number of benzene rings is 1. The predicted octanol–water partition coefficient (Wildman–Crippen LogP) is 2.30. The molecule has 1 N–H and O–H groups in total. The molecular formula is C18H24N2O3. The molecule has 5 heteroatoms. The van der Waals surface area contributed by atoms with Crippen molar-refractivity contribution < 1.29 is 14.4 Å². The van der Waals surface area contributed by atoms with Gasteiger partial charge in [0, 0.05) is 12.2 Å². The Morgan fingerprint density at radius 1 is 1.22 bits per heavy atom. The van der Waals surface area contributed by atoms with Gasteiger partial charge in [0.25, 0.3) is 5.91 Å². The number of rotatable bonds is 7. The predicted molar refractivity (Wildman–Crippen MR) is 89.0 cm³/mol. The maximum atomic E-state index is 12.3.